The summed E-state index contributed by atoms with van der Waals surface area (Å²) in [5.41, 5.74) is 0. The first-order valence-corrected chi connectivity index (χ1v) is 9.56. The van der Waals surface area contributed by atoms with E-state index in [1.54, 1.807) is 47.4 Å². The molecule has 3 rings (SSSR count). The molecule has 7 heteroatoms. The largest absolute Gasteiger partial charge is 0.337 e. The molecule has 116 valence electrons. The summed E-state index contributed by atoms with van der Waals surface area (Å²) < 4.78 is 25.7. The van der Waals surface area contributed by atoms with Gasteiger partial charge in [0.1, 0.15) is 0 Å². The van der Waals surface area contributed by atoms with E-state index in [2.05, 4.69) is 0 Å². The maximum atomic E-state index is 12.6. The normalized spacial score (nSPS) is 18.6. The fraction of sp³-hybridized carbons (Fsp3) is 0.267. The molecule has 2 aromatic rings. The van der Waals surface area contributed by atoms with Gasteiger partial charge in [-0.15, -0.1) is 11.3 Å². The smallest absolute Gasteiger partial charge is 0.264 e. The molecule has 0 saturated carbocycles. The van der Waals surface area contributed by atoms with Crippen LogP contribution in [0.2, 0.25) is 4.34 Å². The minimum Gasteiger partial charge on any atom is -0.337 e. The lowest BCUT2D eigenvalue weighted by atomic mass is 10.4. The van der Waals surface area contributed by atoms with Gasteiger partial charge in [0.25, 0.3) is 5.91 Å². The van der Waals surface area contributed by atoms with Crippen molar-refractivity contribution in [2.75, 3.05) is 13.1 Å². The van der Waals surface area contributed by atoms with Crippen LogP contribution in [0.15, 0.2) is 47.4 Å². The maximum absolute atomic E-state index is 12.6. The SMILES string of the molecule is O=C(c1ccc(Cl)s1)N1CC[C@H](S(=O)(=O)c2ccccc2)C1. The summed E-state index contributed by atoms with van der Waals surface area (Å²) in [6.45, 7) is 0.677. The number of thiophene rings is 1. The highest BCUT2D eigenvalue weighted by molar-refractivity contribution is 7.92. The predicted molar refractivity (Wildman–Crippen MR) is 87.3 cm³/mol. The molecule has 22 heavy (non-hydrogen) atoms. The van der Waals surface area contributed by atoms with Gasteiger partial charge in [0.2, 0.25) is 0 Å². The van der Waals surface area contributed by atoms with E-state index in [0.717, 1.165) is 0 Å². The van der Waals surface area contributed by atoms with Crippen molar-refractivity contribution in [1.82, 2.24) is 4.90 Å². The zero-order valence-corrected chi connectivity index (χ0v) is 14.0. The van der Waals surface area contributed by atoms with E-state index < -0.39 is 15.1 Å². The summed E-state index contributed by atoms with van der Waals surface area (Å²) in [5, 5.41) is -0.547. The fourth-order valence-electron chi connectivity index (χ4n) is 2.55. The molecule has 1 aliphatic heterocycles. The number of benzene rings is 1. The summed E-state index contributed by atoms with van der Waals surface area (Å²) in [7, 11) is -3.40. The molecular weight excluding hydrogens is 342 g/mol. The van der Waals surface area contributed by atoms with E-state index in [1.165, 1.54) is 11.3 Å². The quantitative estimate of drug-likeness (QED) is 0.850. The number of likely N-dealkylation sites (tertiary alicyclic amines) is 1. The number of hydrogen-bond acceptors (Lipinski definition) is 4. The molecule has 0 bridgehead atoms. The number of carbonyl (C=O) groups excluding carboxylic acids is 1. The van der Waals surface area contributed by atoms with Crippen molar-refractivity contribution >= 4 is 38.7 Å². The molecule has 4 nitrogen and oxygen atoms in total. The average molecular weight is 356 g/mol. The maximum Gasteiger partial charge on any atom is 0.264 e. The standard InChI is InChI=1S/C15H14ClNO3S2/c16-14-7-6-13(21-14)15(18)17-9-8-12(10-17)22(19,20)11-4-2-1-3-5-11/h1-7,12H,8-10H2/t12-/m0/s1. The van der Waals surface area contributed by atoms with Crippen molar-refractivity contribution in [3.63, 3.8) is 0 Å². The number of carbonyl (C=O) groups is 1. The van der Waals surface area contributed by atoms with Crippen molar-refractivity contribution in [2.24, 2.45) is 0 Å². The Kier molecular flexibility index (Phi) is 4.25. The number of sulfone groups is 1. The Hall–Kier alpha value is -1.37. The number of amides is 1. The molecule has 0 spiro atoms. The Morgan fingerprint density at radius 3 is 2.55 bits per heavy atom. The average Bonchev–Trinajstić information content (AvgIpc) is 3.17. The van der Waals surface area contributed by atoms with Crippen LogP contribution in [0.25, 0.3) is 0 Å². The lowest BCUT2D eigenvalue weighted by Crippen LogP contribution is -2.31. The monoisotopic (exact) mass is 355 g/mol. The Morgan fingerprint density at radius 1 is 1.18 bits per heavy atom. The molecule has 2 heterocycles. The zero-order chi connectivity index (χ0) is 15.7. The summed E-state index contributed by atoms with van der Waals surface area (Å²) >= 11 is 7.06. The van der Waals surface area contributed by atoms with Crippen molar-refractivity contribution < 1.29 is 13.2 Å². The van der Waals surface area contributed by atoms with Gasteiger partial charge in [-0.3, -0.25) is 4.79 Å². The topological polar surface area (TPSA) is 54.5 Å². The predicted octanol–water partition coefficient (Wildman–Crippen LogP) is 3.09. The summed E-state index contributed by atoms with van der Waals surface area (Å²) in [4.78, 5) is 14.8. The van der Waals surface area contributed by atoms with E-state index in [1.807, 2.05) is 0 Å². The second-order valence-electron chi connectivity index (χ2n) is 5.12. The zero-order valence-electron chi connectivity index (χ0n) is 11.6. The molecule has 1 saturated heterocycles. The minimum absolute atomic E-state index is 0.150. The first kappa shape index (κ1) is 15.5. The van der Waals surface area contributed by atoms with Crippen LogP contribution in [0.1, 0.15) is 16.1 Å². The van der Waals surface area contributed by atoms with E-state index in [-0.39, 0.29) is 12.5 Å². The highest BCUT2D eigenvalue weighted by Crippen LogP contribution is 2.27. The second kappa shape index (κ2) is 6.02. The van der Waals surface area contributed by atoms with Crippen LogP contribution >= 0.6 is 22.9 Å². The van der Waals surface area contributed by atoms with E-state index in [0.29, 0.717) is 27.1 Å². The Labute approximate surface area is 138 Å². The van der Waals surface area contributed by atoms with E-state index in [4.69, 9.17) is 11.6 Å². The molecule has 0 aliphatic carbocycles. The molecule has 1 atom stereocenters. The Morgan fingerprint density at radius 2 is 1.91 bits per heavy atom. The molecular formula is C15H14ClNO3S2. The molecule has 1 amide bonds. The summed E-state index contributed by atoms with van der Waals surface area (Å²) in [6, 6.07) is 11.7. The lowest BCUT2D eigenvalue weighted by molar-refractivity contribution is 0.0798. The Balaban J connectivity index is 1.76. The molecule has 1 fully saturated rings. The molecule has 1 aromatic heterocycles. The minimum atomic E-state index is -3.40. The van der Waals surface area contributed by atoms with Crippen LogP contribution in [0.3, 0.4) is 0 Å². The Bertz CT molecular complexity index is 786. The summed E-state index contributed by atoms with van der Waals surface area (Å²) in [6.07, 6.45) is 0.460. The van der Waals surface area contributed by atoms with E-state index >= 15 is 0 Å². The molecule has 0 unspecified atom stereocenters. The number of hydrogen-bond donors (Lipinski definition) is 0. The van der Waals surface area contributed by atoms with E-state index in [9.17, 15) is 13.2 Å². The first-order chi connectivity index (χ1) is 10.5. The van der Waals surface area contributed by atoms with Crippen LogP contribution in [-0.2, 0) is 9.84 Å². The van der Waals surface area contributed by atoms with Crippen LogP contribution in [0.4, 0.5) is 0 Å². The van der Waals surface area contributed by atoms with Gasteiger partial charge in [-0.2, -0.15) is 0 Å². The number of halogens is 1. The van der Waals surface area contributed by atoms with Gasteiger partial charge in [-0.05, 0) is 30.7 Å². The third-order valence-electron chi connectivity index (χ3n) is 3.73. The third-order valence-corrected chi connectivity index (χ3v) is 7.14. The van der Waals surface area contributed by atoms with Crippen molar-refractivity contribution in [3.05, 3.63) is 51.7 Å². The first-order valence-electron chi connectivity index (χ1n) is 6.82. The molecule has 0 radical (unpaired) electrons. The number of rotatable bonds is 3. The molecule has 0 N–H and O–H groups in total. The van der Waals surface area contributed by atoms with Crippen LogP contribution in [-0.4, -0.2) is 37.6 Å². The summed E-state index contributed by atoms with van der Waals surface area (Å²) in [5.74, 6) is -0.150. The van der Waals surface area contributed by atoms with Gasteiger partial charge in [0.05, 0.1) is 19.4 Å². The van der Waals surface area contributed by atoms with Gasteiger partial charge in [-0.1, -0.05) is 29.8 Å². The van der Waals surface area contributed by atoms with Gasteiger partial charge >= 0.3 is 0 Å². The molecule has 1 aromatic carbocycles. The number of nitrogens with zero attached hydrogens (tertiary/aromatic N) is 1. The van der Waals surface area contributed by atoms with Crippen LogP contribution in [0, 0.1) is 0 Å². The highest BCUT2D eigenvalue weighted by atomic mass is 35.5. The van der Waals surface area contributed by atoms with Crippen molar-refractivity contribution in [3.8, 4) is 0 Å². The third kappa shape index (κ3) is 2.91. The van der Waals surface area contributed by atoms with Crippen molar-refractivity contribution in [2.45, 2.75) is 16.6 Å². The van der Waals surface area contributed by atoms with Crippen molar-refractivity contribution in [1.29, 1.82) is 0 Å². The fourth-order valence-corrected chi connectivity index (χ4v) is 5.28. The van der Waals surface area contributed by atoms with Crippen LogP contribution in [0.5, 0.6) is 0 Å². The highest BCUT2D eigenvalue weighted by Gasteiger charge is 2.36. The van der Waals surface area contributed by atoms with Crippen LogP contribution < -0.4 is 0 Å². The molecule has 1 aliphatic rings. The lowest BCUT2D eigenvalue weighted by Gasteiger charge is -2.16. The van der Waals surface area contributed by atoms with Gasteiger partial charge < -0.3 is 4.90 Å². The van der Waals surface area contributed by atoms with Gasteiger partial charge in [0, 0.05) is 13.1 Å². The van der Waals surface area contributed by atoms with Gasteiger partial charge in [0.15, 0.2) is 9.84 Å². The van der Waals surface area contributed by atoms with Gasteiger partial charge in [-0.25, -0.2) is 8.42 Å². The second-order valence-corrected chi connectivity index (χ2v) is 9.07.